The van der Waals surface area contributed by atoms with Gasteiger partial charge in [0.2, 0.25) is 0 Å². The molecule has 2 fully saturated rings. The standard InChI is InChI=1S/C17H27Cl/c1-5-16(13(3)4)11-7-8-12-17(16,6-2)15(18)14-9-10-14/h3,5-12H2,1-2,4H3. The van der Waals surface area contributed by atoms with Gasteiger partial charge in [0.05, 0.1) is 0 Å². The molecule has 0 radical (unpaired) electrons. The van der Waals surface area contributed by atoms with E-state index in [0.29, 0.717) is 0 Å². The van der Waals surface area contributed by atoms with Crippen LogP contribution in [0.5, 0.6) is 0 Å². The lowest BCUT2D eigenvalue weighted by Gasteiger charge is -2.54. The smallest absolute Gasteiger partial charge is 0.0243 e. The van der Waals surface area contributed by atoms with E-state index in [4.69, 9.17) is 11.6 Å². The second kappa shape index (κ2) is 5.04. The van der Waals surface area contributed by atoms with Crippen LogP contribution in [0, 0.1) is 10.8 Å². The van der Waals surface area contributed by atoms with Crippen LogP contribution in [0.3, 0.4) is 0 Å². The fraction of sp³-hybridized carbons (Fsp3) is 0.765. The van der Waals surface area contributed by atoms with Gasteiger partial charge in [-0.15, -0.1) is 0 Å². The molecule has 102 valence electrons. The number of rotatable bonds is 4. The molecule has 2 unspecified atom stereocenters. The molecule has 0 bridgehead atoms. The van der Waals surface area contributed by atoms with Gasteiger partial charge >= 0.3 is 0 Å². The fourth-order valence-corrected chi connectivity index (χ4v) is 4.98. The molecule has 0 heterocycles. The molecule has 2 atom stereocenters. The summed E-state index contributed by atoms with van der Waals surface area (Å²) in [6.45, 7) is 11.2. The quantitative estimate of drug-likeness (QED) is 0.530. The predicted octanol–water partition coefficient (Wildman–Crippen LogP) is 6.22. The summed E-state index contributed by atoms with van der Waals surface area (Å²) in [6, 6.07) is 0. The van der Waals surface area contributed by atoms with Crippen molar-refractivity contribution < 1.29 is 0 Å². The Balaban J connectivity index is 2.53. The van der Waals surface area contributed by atoms with Crippen molar-refractivity contribution in [1.82, 2.24) is 0 Å². The molecule has 0 N–H and O–H groups in total. The van der Waals surface area contributed by atoms with E-state index in [9.17, 15) is 0 Å². The van der Waals surface area contributed by atoms with Crippen LogP contribution in [0.15, 0.2) is 22.8 Å². The molecule has 2 aliphatic carbocycles. The molecule has 2 rings (SSSR count). The summed E-state index contributed by atoms with van der Waals surface area (Å²) in [6.07, 6.45) is 10.00. The Bertz CT molecular complexity index is 373. The topological polar surface area (TPSA) is 0 Å². The molecule has 1 heteroatoms. The molecule has 0 aromatic heterocycles. The molecule has 18 heavy (non-hydrogen) atoms. The van der Waals surface area contributed by atoms with Crippen LogP contribution in [0.1, 0.15) is 72.1 Å². The van der Waals surface area contributed by atoms with Crippen molar-refractivity contribution in [2.24, 2.45) is 10.8 Å². The largest absolute Gasteiger partial charge is 0.0995 e. The highest BCUT2D eigenvalue weighted by atomic mass is 35.5. The molecule has 0 spiro atoms. The van der Waals surface area contributed by atoms with Gasteiger partial charge in [-0.3, -0.25) is 0 Å². The van der Waals surface area contributed by atoms with Crippen LogP contribution in [-0.2, 0) is 0 Å². The van der Waals surface area contributed by atoms with Gasteiger partial charge in [-0.25, -0.2) is 0 Å². The van der Waals surface area contributed by atoms with Crippen LogP contribution in [0.2, 0.25) is 0 Å². The first kappa shape index (κ1) is 14.2. The highest BCUT2D eigenvalue weighted by molar-refractivity contribution is 6.31. The van der Waals surface area contributed by atoms with Gasteiger partial charge in [0.1, 0.15) is 0 Å². The van der Waals surface area contributed by atoms with E-state index in [2.05, 4.69) is 27.4 Å². The summed E-state index contributed by atoms with van der Waals surface area (Å²) in [5.74, 6) is 0. The lowest BCUT2D eigenvalue weighted by atomic mass is 9.51. The van der Waals surface area contributed by atoms with Crippen molar-refractivity contribution in [3.63, 3.8) is 0 Å². The molecular weight excluding hydrogens is 240 g/mol. The van der Waals surface area contributed by atoms with E-state index in [1.54, 1.807) is 0 Å². The zero-order chi connectivity index (χ0) is 13.4. The first-order valence-electron chi connectivity index (χ1n) is 7.58. The molecular formula is C17H27Cl. The molecule has 0 aromatic rings. The minimum Gasteiger partial charge on any atom is -0.0995 e. The second-order valence-corrected chi connectivity index (χ2v) is 6.65. The Hall–Kier alpha value is -0.230. The maximum absolute atomic E-state index is 6.86. The first-order chi connectivity index (χ1) is 8.54. The molecule has 0 aliphatic heterocycles. The van der Waals surface area contributed by atoms with Crippen LogP contribution in [0.4, 0.5) is 0 Å². The van der Waals surface area contributed by atoms with E-state index in [-0.39, 0.29) is 10.8 Å². The third kappa shape index (κ3) is 1.88. The van der Waals surface area contributed by atoms with Crippen molar-refractivity contribution >= 4 is 11.6 Å². The Morgan fingerprint density at radius 1 is 1.11 bits per heavy atom. The summed E-state index contributed by atoms with van der Waals surface area (Å²) < 4.78 is 0. The maximum atomic E-state index is 6.86. The lowest BCUT2D eigenvalue weighted by Crippen LogP contribution is -2.45. The second-order valence-electron chi connectivity index (χ2n) is 6.28. The highest BCUT2D eigenvalue weighted by Gasteiger charge is 2.53. The average Bonchev–Trinajstić information content (AvgIpc) is 3.21. The van der Waals surface area contributed by atoms with Crippen LogP contribution < -0.4 is 0 Å². The summed E-state index contributed by atoms with van der Waals surface area (Å²) in [4.78, 5) is 0. The van der Waals surface area contributed by atoms with Gasteiger partial charge in [0.25, 0.3) is 0 Å². The Kier molecular flexibility index (Phi) is 3.97. The Morgan fingerprint density at radius 3 is 2.00 bits per heavy atom. The fourth-order valence-electron chi connectivity index (χ4n) is 4.38. The van der Waals surface area contributed by atoms with E-state index < -0.39 is 0 Å². The van der Waals surface area contributed by atoms with Crippen molar-refractivity contribution in [2.45, 2.75) is 72.1 Å². The van der Waals surface area contributed by atoms with E-state index in [1.165, 1.54) is 61.1 Å². The van der Waals surface area contributed by atoms with Gasteiger partial charge in [0.15, 0.2) is 0 Å². The third-order valence-electron chi connectivity index (χ3n) is 5.63. The van der Waals surface area contributed by atoms with Gasteiger partial charge in [0, 0.05) is 15.9 Å². The van der Waals surface area contributed by atoms with Gasteiger partial charge in [-0.05, 0) is 45.4 Å². The number of hydrogen-bond acceptors (Lipinski definition) is 0. The van der Waals surface area contributed by atoms with Crippen LogP contribution >= 0.6 is 11.6 Å². The van der Waals surface area contributed by atoms with E-state index in [0.717, 1.165) is 6.42 Å². The van der Waals surface area contributed by atoms with Crippen molar-refractivity contribution in [3.8, 4) is 0 Å². The molecule has 2 aliphatic rings. The van der Waals surface area contributed by atoms with Gasteiger partial charge in [-0.2, -0.15) is 0 Å². The minimum atomic E-state index is 0.194. The van der Waals surface area contributed by atoms with Crippen LogP contribution in [0.25, 0.3) is 0 Å². The zero-order valence-corrected chi connectivity index (χ0v) is 13.0. The Labute approximate surface area is 117 Å². The lowest BCUT2D eigenvalue weighted by molar-refractivity contribution is 0.0489. The molecule has 0 aromatic carbocycles. The molecule has 2 saturated carbocycles. The first-order valence-corrected chi connectivity index (χ1v) is 7.96. The number of hydrogen-bond donors (Lipinski definition) is 0. The normalized spacial score (nSPS) is 35.4. The Morgan fingerprint density at radius 2 is 1.61 bits per heavy atom. The van der Waals surface area contributed by atoms with Crippen molar-refractivity contribution in [3.05, 3.63) is 22.8 Å². The molecule has 0 saturated heterocycles. The van der Waals surface area contributed by atoms with Crippen LogP contribution in [-0.4, -0.2) is 0 Å². The summed E-state index contributed by atoms with van der Waals surface area (Å²) >= 11 is 6.86. The predicted molar refractivity (Wildman–Crippen MR) is 80.8 cm³/mol. The SMILES string of the molecule is C=C(C)C1(CC)CCCCC1(CC)C(Cl)=C1CC1. The van der Waals surface area contributed by atoms with Crippen molar-refractivity contribution in [2.75, 3.05) is 0 Å². The minimum absolute atomic E-state index is 0.194. The van der Waals surface area contributed by atoms with Gasteiger partial charge < -0.3 is 0 Å². The highest BCUT2D eigenvalue weighted by Crippen LogP contribution is 2.64. The zero-order valence-electron chi connectivity index (χ0n) is 12.2. The summed E-state index contributed by atoms with van der Waals surface area (Å²) in [5.41, 5.74) is 3.32. The monoisotopic (exact) mass is 266 g/mol. The molecule has 0 nitrogen and oxygen atoms in total. The molecule has 0 amide bonds. The van der Waals surface area contributed by atoms with Gasteiger partial charge in [-0.1, -0.05) is 56.0 Å². The summed E-state index contributed by atoms with van der Waals surface area (Å²) in [7, 11) is 0. The maximum Gasteiger partial charge on any atom is 0.0243 e. The van der Waals surface area contributed by atoms with E-state index in [1.807, 2.05) is 0 Å². The van der Waals surface area contributed by atoms with E-state index >= 15 is 0 Å². The number of halogens is 1. The van der Waals surface area contributed by atoms with Crippen molar-refractivity contribution in [1.29, 1.82) is 0 Å². The number of allylic oxidation sites excluding steroid dienone is 3. The average molecular weight is 267 g/mol. The third-order valence-corrected chi connectivity index (χ3v) is 6.26. The summed E-state index contributed by atoms with van der Waals surface area (Å²) in [5, 5.41) is 1.22.